The fourth-order valence-corrected chi connectivity index (χ4v) is 3.09. The molecule has 0 bridgehead atoms. The van der Waals surface area contributed by atoms with Crippen LogP contribution in [-0.4, -0.2) is 43.7 Å². The molecule has 1 heterocycles. The molecular formula is C21H20Cl2O6. The van der Waals surface area contributed by atoms with E-state index in [0.717, 1.165) is 0 Å². The van der Waals surface area contributed by atoms with Gasteiger partial charge in [0.25, 0.3) is 0 Å². The van der Waals surface area contributed by atoms with Crippen LogP contribution in [-0.2, 0) is 18.9 Å². The van der Waals surface area contributed by atoms with E-state index in [1.165, 1.54) is 0 Å². The maximum absolute atomic E-state index is 12.5. The molecule has 154 valence electrons. The van der Waals surface area contributed by atoms with Crippen LogP contribution in [0.1, 0.15) is 34.1 Å². The van der Waals surface area contributed by atoms with Crippen LogP contribution in [0.15, 0.2) is 48.5 Å². The molecular weight excluding hydrogens is 419 g/mol. The Labute approximate surface area is 178 Å². The van der Waals surface area contributed by atoms with E-state index in [2.05, 4.69) is 0 Å². The summed E-state index contributed by atoms with van der Waals surface area (Å²) in [5.41, 5.74) is 0.681. The first kappa shape index (κ1) is 21.6. The van der Waals surface area contributed by atoms with Crippen LogP contribution in [0.3, 0.4) is 0 Å². The number of ether oxygens (including phenoxy) is 4. The summed E-state index contributed by atoms with van der Waals surface area (Å²) in [4.78, 5) is 25.0. The predicted molar refractivity (Wildman–Crippen MR) is 107 cm³/mol. The first-order chi connectivity index (χ1) is 14.0. The van der Waals surface area contributed by atoms with Crippen molar-refractivity contribution in [1.29, 1.82) is 0 Å². The van der Waals surface area contributed by atoms with Gasteiger partial charge in [0.05, 0.1) is 17.7 Å². The SMILES string of the molecule is CCO[C@H]1C[C@H](OC(=O)c2ccc(Cl)cc2)[C@H](OC(=O)c2ccc(Cl)cc2)CO1. The van der Waals surface area contributed by atoms with E-state index in [0.29, 0.717) is 27.8 Å². The van der Waals surface area contributed by atoms with Crippen molar-refractivity contribution in [2.45, 2.75) is 31.8 Å². The van der Waals surface area contributed by atoms with Crippen molar-refractivity contribution in [3.05, 3.63) is 69.7 Å². The van der Waals surface area contributed by atoms with Crippen molar-refractivity contribution in [3.63, 3.8) is 0 Å². The zero-order valence-electron chi connectivity index (χ0n) is 15.7. The maximum Gasteiger partial charge on any atom is 0.338 e. The van der Waals surface area contributed by atoms with Gasteiger partial charge in [-0.25, -0.2) is 9.59 Å². The molecule has 3 rings (SSSR count). The van der Waals surface area contributed by atoms with Gasteiger partial charge in [-0.3, -0.25) is 0 Å². The molecule has 2 aromatic rings. The van der Waals surface area contributed by atoms with E-state index in [1.54, 1.807) is 48.5 Å². The smallest absolute Gasteiger partial charge is 0.338 e. The van der Waals surface area contributed by atoms with Gasteiger partial charge in [0.1, 0.15) is 6.10 Å². The molecule has 1 saturated heterocycles. The second-order valence-electron chi connectivity index (χ2n) is 6.36. The average Bonchev–Trinajstić information content (AvgIpc) is 2.71. The lowest BCUT2D eigenvalue weighted by Crippen LogP contribution is -2.47. The largest absolute Gasteiger partial charge is 0.455 e. The Morgan fingerprint density at radius 1 is 0.897 bits per heavy atom. The van der Waals surface area contributed by atoms with E-state index >= 15 is 0 Å². The highest BCUT2D eigenvalue weighted by molar-refractivity contribution is 6.30. The summed E-state index contributed by atoms with van der Waals surface area (Å²) < 4.78 is 22.2. The minimum atomic E-state index is -0.772. The van der Waals surface area contributed by atoms with E-state index in [4.69, 9.17) is 42.1 Å². The van der Waals surface area contributed by atoms with E-state index in [1.807, 2.05) is 6.92 Å². The molecule has 0 spiro atoms. The molecule has 0 aromatic heterocycles. The number of carbonyl (C=O) groups excluding carboxylic acids is 2. The van der Waals surface area contributed by atoms with Crippen LogP contribution in [0.5, 0.6) is 0 Å². The predicted octanol–water partition coefficient (Wildman–Crippen LogP) is 4.53. The van der Waals surface area contributed by atoms with Gasteiger partial charge in [-0.05, 0) is 55.5 Å². The lowest BCUT2D eigenvalue weighted by molar-refractivity contribution is -0.215. The normalized spacial score (nSPS) is 21.4. The number of carbonyl (C=O) groups is 2. The second kappa shape index (κ2) is 10.1. The molecule has 1 fully saturated rings. The summed E-state index contributed by atoms with van der Waals surface area (Å²) >= 11 is 11.7. The monoisotopic (exact) mass is 438 g/mol. The lowest BCUT2D eigenvalue weighted by Gasteiger charge is -2.34. The van der Waals surface area contributed by atoms with Gasteiger partial charge in [0.2, 0.25) is 0 Å². The summed E-state index contributed by atoms with van der Waals surface area (Å²) in [6.07, 6.45) is -1.80. The fourth-order valence-electron chi connectivity index (χ4n) is 2.84. The van der Waals surface area contributed by atoms with Crippen LogP contribution in [0.4, 0.5) is 0 Å². The number of hydrogen-bond donors (Lipinski definition) is 0. The summed E-state index contributed by atoms with van der Waals surface area (Å²) in [5, 5.41) is 1.02. The van der Waals surface area contributed by atoms with Crippen molar-refractivity contribution < 1.29 is 28.5 Å². The number of rotatable bonds is 6. The van der Waals surface area contributed by atoms with Gasteiger partial charge >= 0.3 is 11.9 Å². The topological polar surface area (TPSA) is 71.1 Å². The summed E-state index contributed by atoms with van der Waals surface area (Å²) in [6, 6.07) is 12.7. The zero-order chi connectivity index (χ0) is 20.8. The molecule has 8 heteroatoms. The lowest BCUT2D eigenvalue weighted by atomic mass is 10.1. The Hall–Kier alpha value is -2.12. The van der Waals surface area contributed by atoms with Crippen LogP contribution in [0.25, 0.3) is 0 Å². The van der Waals surface area contributed by atoms with Crippen LogP contribution >= 0.6 is 23.2 Å². The van der Waals surface area contributed by atoms with Gasteiger partial charge in [-0.1, -0.05) is 23.2 Å². The first-order valence-electron chi connectivity index (χ1n) is 9.12. The third kappa shape index (κ3) is 5.93. The number of benzene rings is 2. The Morgan fingerprint density at radius 3 is 1.86 bits per heavy atom. The Balaban J connectivity index is 1.71. The van der Waals surface area contributed by atoms with Gasteiger partial charge in [-0.15, -0.1) is 0 Å². The average molecular weight is 439 g/mol. The third-order valence-electron chi connectivity index (χ3n) is 4.32. The molecule has 0 N–H and O–H groups in total. The molecule has 6 nitrogen and oxygen atoms in total. The number of esters is 2. The standard InChI is InChI=1S/C21H20Cl2O6/c1-2-26-19-11-17(28-20(24)13-3-7-15(22)8-4-13)18(12-27-19)29-21(25)14-5-9-16(23)10-6-14/h3-10,17-19H,2,11-12H2,1H3/t17-,18+,19+/m0/s1. The van der Waals surface area contributed by atoms with Crippen molar-refractivity contribution >= 4 is 35.1 Å². The third-order valence-corrected chi connectivity index (χ3v) is 4.82. The minimum absolute atomic E-state index is 0.0442. The van der Waals surface area contributed by atoms with Crippen molar-refractivity contribution in [2.24, 2.45) is 0 Å². The van der Waals surface area contributed by atoms with Gasteiger partial charge in [0, 0.05) is 23.1 Å². The molecule has 0 radical (unpaired) electrons. The minimum Gasteiger partial charge on any atom is -0.455 e. The van der Waals surface area contributed by atoms with Crippen LogP contribution in [0.2, 0.25) is 10.0 Å². The highest BCUT2D eigenvalue weighted by Crippen LogP contribution is 2.24. The van der Waals surface area contributed by atoms with E-state index < -0.39 is 30.4 Å². The summed E-state index contributed by atoms with van der Waals surface area (Å²) in [5.74, 6) is -1.10. The van der Waals surface area contributed by atoms with Crippen LogP contribution in [0, 0.1) is 0 Å². The maximum atomic E-state index is 12.5. The summed E-state index contributed by atoms with van der Waals surface area (Å²) in [7, 11) is 0. The molecule has 3 atom stereocenters. The van der Waals surface area contributed by atoms with Gasteiger partial charge in [0.15, 0.2) is 12.4 Å². The Bertz CT molecular complexity index is 837. The highest BCUT2D eigenvalue weighted by atomic mass is 35.5. The number of hydrogen-bond acceptors (Lipinski definition) is 6. The Kier molecular flexibility index (Phi) is 7.50. The number of halogens is 2. The highest BCUT2D eigenvalue weighted by Gasteiger charge is 2.37. The Morgan fingerprint density at radius 2 is 1.38 bits per heavy atom. The fraction of sp³-hybridized carbons (Fsp3) is 0.333. The quantitative estimate of drug-likeness (QED) is 0.617. The van der Waals surface area contributed by atoms with Crippen molar-refractivity contribution in [3.8, 4) is 0 Å². The van der Waals surface area contributed by atoms with Crippen LogP contribution < -0.4 is 0 Å². The molecule has 0 saturated carbocycles. The van der Waals surface area contributed by atoms with Gasteiger partial charge < -0.3 is 18.9 Å². The van der Waals surface area contributed by atoms with Crippen molar-refractivity contribution in [1.82, 2.24) is 0 Å². The van der Waals surface area contributed by atoms with E-state index in [-0.39, 0.29) is 13.0 Å². The molecule has 0 amide bonds. The van der Waals surface area contributed by atoms with Crippen molar-refractivity contribution in [2.75, 3.05) is 13.2 Å². The first-order valence-corrected chi connectivity index (χ1v) is 9.88. The molecule has 0 aliphatic carbocycles. The molecule has 2 aromatic carbocycles. The van der Waals surface area contributed by atoms with Gasteiger partial charge in [-0.2, -0.15) is 0 Å². The molecule has 1 aliphatic heterocycles. The molecule has 1 aliphatic rings. The molecule has 29 heavy (non-hydrogen) atoms. The summed E-state index contributed by atoms with van der Waals surface area (Å²) in [6.45, 7) is 2.32. The molecule has 0 unspecified atom stereocenters. The second-order valence-corrected chi connectivity index (χ2v) is 7.23. The zero-order valence-corrected chi connectivity index (χ0v) is 17.2. The van der Waals surface area contributed by atoms with E-state index in [9.17, 15) is 9.59 Å².